The van der Waals surface area contributed by atoms with E-state index in [0.29, 0.717) is 11.3 Å². The molecule has 0 saturated carbocycles. The van der Waals surface area contributed by atoms with Crippen molar-refractivity contribution in [3.63, 3.8) is 0 Å². The molecule has 0 aliphatic heterocycles. The van der Waals surface area contributed by atoms with Crippen LogP contribution in [-0.2, 0) is 0 Å². The number of anilines is 2. The predicted molar refractivity (Wildman–Crippen MR) is 84.3 cm³/mol. The van der Waals surface area contributed by atoms with E-state index in [2.05, 4.69) is 17.6 Å². The Bertz CT molecular complexity index is 623. The van der Waals surface area contributed by atoms with Crippen molar-refractivity contribution in [2.45, 2.75) is 20.3 Å². The third-order valence-electron chi connectivity index (χ3n) is 3.09. The number of rotatable bonds is 5. The highest BCUT2D eigenvalue weighted by Gasteiger charge is 2.12. The summed E-state index contributed by atoms with van der Waals surface area (Å²) in [6.07, 6.45) is 0.979. The van der Waals surface area contributed by atoms with E-state index in [4.69, 9.17) is 0 Å². The summed E-state index contributed by atoms with van der Waals surface area (Å²) >= 11 is 0. The number of hydrogen-bond donors (Lipinski definition) is 2. The van der Waals surface area contributed by atoms with E-state index in [-0.39, 0.29) is 11.7 Å². The van der Waals surface area contributed by atoms with Gasteiger partial charge in [-0.2, -0.15) is 0 Å². The van der Waals surface area contributed by atoms with E-state index in [9.17, 15) is 9.18 Å². The van der Waals surface area contributed by atoms with Crippen LogP contribution in [0.4, 0.5) is 15.8 Å². The molecule has 0 spiro atoms. The number of carbonyl (C=O) groups excluding carboxylic acids is 1. The first kappa shape index (κ1) is 15.0. The largest absolute Gasteiger partial charge is 0.384 e. The Balaban J connectivity index is 2.20. The molecule has 0 aliphatic carbocycles. The Kier molecular flexibility index (Phi) is 4.93. The summed E-state index contributed by atoms with van der Waals surface area (Å²) in [6, 6.07) is 11.4. The third kappa shape index (κ3) is 4.05. The topological polar surface area (TPSA) is 41.1 Å². The minimum Gasteiger partial charge on any atom is -0.384 e. The van der Waals surface area contributed by atoms with Gasteiger partial charge in [-0.25, -0.2) is 4.39 Å². The van der Waals surface area contributed by atoms with Crippen LogP contribution in [0.25, 0.3) is 0 Å². The molecule has 0 aromatic heterocycles. The molecule has 0 bridgehead atoms. The number of benzene rings is 2. The van der Waals surface area contributed by atoms with Gasteiger partial charge in [-0.1, -0.05) is 18.6 Å². The molecule has 2 aromatic rings. The number of halogens is 1. The summed E-state index contributed by atoms with van der Waals surface area (Å²) in [7, 11) is 0. The molecule has 0 aliphatic rings. The van der Waals surface area contributed by atoms with Gasteiger partial charge in [-0.15, -0.1) is 0 Å². The molecular formula is C17H19FN2O. The summed E-state index contributed by atoms with van der Waals surface area (Å²) in [4.78, 5) is 12.4. The first-order chi connectivity index (χ1) is 10.1. The van der Waals surface area contributed by atoms with Gasteiger partial charge in [-0.3, -0.25) is 4.79 Å². The zero-order chi connectivity index (χ0) is 15.2. The molecule has 0 radical (unpaired) electrons. The lowest BCUT2D eigenvalue weighted by atomic mass is 10.1. The highest BCUT2D eigenvalue weighted by Crippen LogP contribution is 2.19. The SMILES string of the molecule is CCCNc1ccc(C)cc1C(=O)Nc1ccc(F)cc1. The van der Waals surface area contributed by atoms with E-state index in [1.807, 2.05) is 25.1 Å². The normalized spacial score (nSPS) is 10.2. The van der Waals surface area contributed by atoms with E-state index in [1.165, 1.54) is 12.1 Å². The molecule has 4 heteroatoms. The zero-order valence-electron chi connectivity index (χ0n) is 12.2. The minimum absolute atomic E-state index is 0.205. The molecule has 0 unspecified atom stereocenters. The van der Waals surface area contributed by atoms with Crippen LogP contribution >= 0.6 is 0 Å². The summed E-state index contributed by atoms with van der Waals surface area (Å²) < 4.78 is 12.9. The maximum atomic E-state index is 12.9. The van der Waals surface area contributed by atoms with Crippen LogP contribution in [0.5, 0.6) is 0 Å². The molecule has 0 saturated heterocycles. The second kappa shape index (κ2) is 6.88. The van der Waals surface area contributed by atoms with Crippen LogP contribution in [0, 0.1) is 12.7 Å². The van der Waals surface area contributed by atoms with Gasteiger partial charge in [0.25, 0.3) is 5.91 Å². The van der Waals surface area contributed by atoms with Crippen molar-refractivity contribution in [3.05, 3.63) is 59.4 Å². The smallest absolute Gasteiger partial charge is 0.257 e. The van der Waals surface area contributed by atoms with E-state index < -0.39 is 0 Å². The molecular weight excluding hydrogens is 267 g/mol. The maximum Gasteiger partial charge on any atom is 0.257 e. The number of hydrogen-bond acceptors (Lipinski definition) is 2. The van der Waals surface area contributed by atoms with Crippen molar-refractivity contribution in [2.24, 2.45) is 0 Å². The van der Waals surface area contributed by atoms with Crippen molar-refractivity contribution in [3.8, 4) is 0 Å². The van der Waals surface area contributed by atoms with Crippen LogP contribution in [-0.4, -0.2) is 12.5 Å². The fraction of sp³-hybridized carbons (Fsp3) is 0.235. The lowest BCUT2D eigenvalue weighted by molar-refractivity contribution is 0.102. The first-order valence-electron chi connectivity index (χ1n) is 7.01. The summed E-state index contributed by atoms with van der Waals surface area (Å²) in [5.41, 5.74) is 2.99. The van der Waals surface area contributed by atoms with Crippen LogP contribution < -0.4 is 10.6 Å². The Morgan fingerprint density at radius 3 is 2.52 bits per heavy atom. The standard InChI is InChI=1S/C17H19FN2O/c1-3-10-19-16-9-4-12(2)11-15(16)17(21)20-14-7-5-13(18)6-8-14/h4-9,11,19H,3,10H2,1-2H3,(H,20,21). The fourth-order valence-electron chi connectivity index (χ4n) is 1.99. The molecule has 2 rings (SSSR count). The van der Waals surface area contributed by atoms with E-state index >= 15 is 0 Å². The van der Waals surface area contributed by atoms with Crippen molar-refractivity contribution in [1.29, 1.82) is 0 Å². The zero-order valence-corrected chi connectivity index (χ0v) is 12.2. The highest BCUT2D eigenvalue weighted by molar-refractivity contribution is 6.08. The number of nitrogens with one attached hydrogen (secondary N) is 2. The maximum absolute atomic E-state index is 12.9. The van der Waals surface area contributed by atoms with Crippen molar-refractivity contribution < 1.29 is 9.18 Å². The molecule has 0 fully saturated rings. The van der Waals surface area contributed by atoms with Crippen molar-refractivity contribution >= 4 is 17.3 Å². The van der Waals surface area contributed by atoms with Crippen LogP contribution in [0.2, 0.25) is 0 Å². The van der Waals surface area contributed by atoms with Gasteiger partial charge in [0.1, 0.15) is 5.82 Å². The van der Waals surface area contributed by atoms with Gasteiger partial charge >= 0.3 is 0 Å². The van der Waals surface area contributed by atoms with Crippen LogP contribution in [0.15, 0.2) is 42.5 Å². The number of amides is 1. The predicted octanol–water partition coefficient (Wildman–Crippen LogP) is 4.21. The molecule has 2 aromatic carbocycles. The molecule has 110 valence electrons. The molecule has 2 N–H and O–H groups in total. The van der Waals surface area contributed by atoms with Gasteiger partial charge in [0.2, 0.25) is 0 Å². The van der Waals surface area contributed by atoms with E-state index in [1.54, 1.807) is 12.1 Å². The molecule has 21 heavy (non-hydrogen) atoms. The van der Waals surface area contributed by atoms with Crippen LogP contribution in [0.1, 0.15) is 29.3 Å². The van der Waals surface area contributed by atoms with Crippen molar-refractivity contribution in [2.75, 3.05) is 17.2 Å². The molecule has 0 atom stereocenters. The average molecular weight is 286 g/mol. The number of aryl methyl sites for hydroxylation is 1. The monoisotopic (exact) mass is 286 g/mol. The summed E-state index contributed by atoms with van der Waals surface area (Å²) in [6.45, 7) is 4.82. The van der Waals surface area contributed by atoms with Gasteiger partial charge in [0.05, 0.1) is 5.56 Å². The van der Waals surface area contributed by atoms with Gasteiger partial charge < -0.3 is 10.6 Å². The lowest BCUT2D eigenvalue weighted by Gasteiger charge is -2.12. The van der Waals surface area contributed by atoms with Gasteiger partial charge in [-0.05, 0) is 49.7 Å². The number of carbonyl (C=O) groups is 1. The second-order valence-corrected chi connectivity index (χ2v) is 4.94. The molecule has 3 nitrogen and oxygen atoms in total. The molecule has 0 heterocycles. The highest BCUT2D eigenvalue weighted by atomic mass is 19.1. The van der Waals surface area contributed by atoms with Gasteiger partial charge in [0, 0.05) is 17.9 Å². The minimum atomic E-state index is -0.325. The Morgan fingerprint density at radius 1 is 1.14 bits per heavy atom. The van der Waals surface area contributed by atoms with Crippen molar-refractivity contribution in [1.82, 2.24) is 0 Å². The summed E-state index contributed by atoms with van der Waals surface area (Å²) in [5, 5.41) is 6.03. The van der Waals surface area contributed by atoms with E-state index in [0.717, 1.165) is 24.2 Å². The Labute approximate surface area is 124 Å². The quantitative estimate of drug-likeness (QED) is 0.864. The Morgan fingerprint density at radius 2 is 1.86 bits per heavy atom. The van der Waals surface area contributed by atoms with Crippen LogP contribution in [0.3, 0.4) is 0 Å². The average Bonchev–Trinajstić information content (AvgIpc) is 2.48. The lowest BCUT2D eigenvalue weighted by Crippen LogP contribution is -2.15. The first-order valence-corrected chi connectivity index (χ1v) is 7.01. The summed E-state index contributed by atoms with van der Waals surface area (Å²) in [5.74, 6) is -0.530. The fourth-order valence-corrected chi connectivity index (χ4v) is 1.99. The molecule has 1 amide bonds. The second-order valence-electron chi connectivity index (χ2n) is 4.94. The Hall–Kier alpha value is -2.36. The van der Waals surface area contributed by atoms with Gasteiger partial charge in [0.15, 0.2) is 0 Å². The third-order valence-corrected chi connectivity index (χ3v) is 3.09.